The van der Waals surface area contributed by atoms with E-state index in [0.717, 1.165) is 39.7 Å². The number of hydrogen-bond acceptors (Lipinski definition) is 4. The van der Waals surface area contributed by atoms with Crippen LogP contribution in [0.5, 0.6) is 0 Å². The summed E-state index contributed by atoms with van der Waals surface area (Å²) < 4.78 is 0. The molecule has 1 heterocycles. The van der Waals surface area contributed by atoms with Gasteiger partial charge in [0, 0.05) is 27.5 Å². The molecule has 12 rings (SSSR count). The minimum absolute atomic E-state index is 0.0561. The molecule has 0 radical (unpaired) electrons. The molecule has 4 heteroatoms. The molecule has 1 aromatic heterocycles. The molecule has 0 saturated heterocycles. The number of rotatable bonds is 4. The Morgan fingerprint density at radius 1 is 0.500 bits per heavy atom. The molecule has 2 spiro atoms. The first-order valence-electron chi connectivity index (χ1n) is 22.3. The first-order chi connectivity index (χ1) is 29.4. The fourth-order valence-electron chi connectivity index (χ4n) is 13.3. The van der Waals surface area contributed by atoms with Gasteiger partial charge in [0.25, 0.3) is 0 Å². The Balaban J connectivity index is 0.983. The normalized spacial score (nSPS) is 23.8. The van der Waals surface area contributed by atoms with Gasteiger partial charge in [-0.3, -0.25) is 0 Å². The third kappa shape index (κ3) is 5.17. The Labute approximate surface area is 353 Å². The van der Waals surface area contributed by atoms with Crippen LogP contribution in [0.1, 0.15) is 93.0 Å². The number of benzene rings is 6. The highest BCUT2D eigenvalue weighted by Gasteiger charge is 2.56. The van der Waals surface area contributed by atoms with E-state index in [1.54, 1.807) is 0 Å². The van der Waals surface area contributed by atoms with Crippen molar-refractivity contribution < 1.29 is 0 Å². The summed E-state index contributed by atoms with van der Waals surface area (Å²) in [5, 5.41) is 9.97. The highest BCUT2D eigenvalue weighted by molar-refractivity contribution is 5.87. The summed E-state index contributed by atoms with van der Waals surface area (Å²) in [5.74, 6) is 4.69. The van der Waals surface area contributed by atoms with Crippen LogP contribution in [-0.2, 0) is 10.8 Å². The summed E-state index contributed by atoms with van der Waals surface area (Å²) >= 11 is 0. The van der Waals surface area contributed by atoms with Crippen molar-refractivity contribution in [3.63, 3.8) is 0 Å². The van der Waals surface area contributed by atoms with Crippen LogP contribution in [0.15, 0.2) is 133 Å². The third-order valence-corrected chi connectivity index (χ3v) is 15.6. The molecule has 0 aliphatic heterocycles. The van der Waals surface area contributed by atoms with Gasteiger partial charge in [0.05, 0.1) is 11.6 Å². The van der Waals surface area contributed by atoms with E-state index < -0.39 is 0 Å². The summed E-state index contributed by atoms with van der Waals surface area (Å²) in [4.78, 5) is 15.7. The molecule has 60 heavy (non-hydrogen) atoms. The Morgan fingerprint density at radius 3 is 1.93 bits per heavy atom. The second-order valence-electron chi connectivity index (χ2n) is 18.9. The minimum atomic E-state index is -0.0561. The molecule has 5 unspecified atom stereocenters. The van der Waals surface area contributed by atoms with E-state index in [0.29, 0.717) is 29.3 Å². The van der Waals surface area contributed by atoms with Crippen LogP contribution in [0.4, 0.5) is 0 Å². The average molecular weight is 777 g/mol. The van der Waals surface area contributed by atoms with E-state index in [1.165, 1.54) is 101 Å². The Kier molecular flexibility index (Phi) is 7.99. The molecule has 6 aromatic carbocycles. The molecule has 5 atom stereocenters. The van der Waals surface area contributed by atoms with Crippen LogP contribution in [0.25, 0.3) is 67.5 Å². The summed E-state index contributed by atoms with van der Waals surface area (Å²) in [7, 11) is 0. The van der Waals surface area contributed by atoms with Crippen molar-refractivity contribution >= 4 is 0 Å². The van der Waals surface area contributed by atoms with Crippen LogP contribution in [0, 0.1) is 35.0 Å². The summed E-state index contributed by atoms with van der Waals surface area (Å²) in [6.45, 7) is 4.97. The lowest BCUT2D eigenvalue weighted by atomic mass is 9.49. The first-order valence-corrected chi connectivity index (χ1v) is 22.3. The standard InChI is InChI=1S/C56H48N4/c1-34-25-37-27-35(2)56(43(26-34)28-37)49-22-17-36(33-57)29-47(49)46-20-18-40(31-51(46)56)39-13-10-14-41(30-39)53-58-52(38-11-4-3-5-12-38)59-54(60-53)42-19-21-45-44-15-6-7-16-48(44)55(50(45)32-42)23-8-9-24-55/h3-7,10-22,29-32,34-35,37,43H,8-9,23-28H2,1-2H3. The van der Waals surface area contributed by atoms with Crippen molar-refractivity contribution in [2.45, 2.75) is 76.0 Å². The van der Waals surface area contributed by atoms with Crippen LogP contribution >= 0.6 is 0 Å². The Hall–Kier alpha value is -6.18. The van der Waals surface area contributed by atoms with Gasteiger partial charge >= 0.3 is 0 Å². The van der Waals surface area contributed by atoms with E-state index in [4.69, 9.17) is 15.0 Å². The second-order valence-corrected chi connectivity index (χ2v) is 18.9. The average Bonchev–Trinajstić information content (AvgIpc) is 3.98. The Bertz CT molecular complexity index is 2910. The predicted octanol–water partition coefficient (Wildman–Crippen LogP) is 13.6. The maximum atomic E-state index is 9.97. The minimum Gasteiger partial charge on any atom is -0.208 e. The van der Waals surface area contributed by atoms with Crippen molar-refractivity contribution in [1.82, 2.24) is 15.0 Å². The molecule has 2 bridgehead atoms. The van der Waals surface area contributed by atoms with E-state index in [2.05, 4.69) is 147 Å². The van der Waals surface area contributed by atoms with Gasteiger partial charge in [-0.15, -0.1) is 0 Å². The molecule has 0 amide bonds. The molecule has 4 nitrogen and oxygen atoms in total. The van der Waals surface area contributed by atoms with E-state index in [9.17, 15) is 5.26 Å². The SMILES string of the molecule is CC1CC2CC(C)C3(c4ccc(C#N)cc4-c4ccc(-c5cccc(-c6nc(-c7ccccc7)nc(-c7ccc8c(c7)C7(CCCC7)c7ccccc7-8)n6)c5)cc43)C(C1)C2. The highest BCUT2D eigenvalue weighted by atomic mass is 15.0. The summed E-state index contributed by atoms with van der Waals surface area (Å²) in [6, 6.07) is 51.2. The fourth-order valence-corrected chi connectivity index (χ4v) is 13.3. The number of nitriles is 1. The smallest absolute Gasteiger partial charge is 0.164 e. The summed E-state index contributed by atoms with van der Waals surface area (Å²) in [6.07, 6.45) is 10.0. The molecular formula is C56H48N4. The quantitative estimate of drug-likeness (QED) is 0.179. The number of aromatic nitrogens is 3. The van der Waals surface area contributed by atoms with Crippen molar-refractivity contribution in [1.29, 1.82) is 5.26 Å². The van der Waals surface area contributed by atoms with Crippen molar-refractivity contribution in [2.24, 2.45) is 23.7 Å². The number of hydrogen-bond donors (Lipinski definition) is 0. The molecule has 3 saturated carbocycles. The molecule has 292 valence electrons. The van der Waals surface area contributed by atoms with Crippen LogP contribution in [-0.4, -0.2) is 15.0 Å². The second kappa shape index (κ2) is 13.4. The number of fused-ring (bicyclic) bond motifs is 13. The van der Waals surface area contributed by atoms with E-state index in [-0.39, 0.29) is 10.8 Å². The zero-order valence-electron chi connectivity index (χ0n) is 34.5. The van der Waals surface area contributed by atoms with Crippen molar-refractivity contribution in [3.8, 4) is 73.6 Å². The lowest BCUT2D eigenvalue weighted by Crippen LogP contribution is -2.49. The van der Waals surface area contributed by atoms with Gasteiger partial charge in [-0.2, -0.15) is 5.26 Å². The molecule has 7 aromatic rings. The zero-order valence-corrected chi connectivity index (χ0v) is 34.5. The molecular weight excluding hydrogens is 729 g/mol. The summed E-state index contributed by atoms with van der Waals surface area (Å²) in [5.41, 5.74) is 17.2. The lowest BCUT2D eigenvalue weighted by molar-refractivity contribution is 0.0426. The molecule has 3 fully saturated rings. The number of nitrogens with zero attached hydrogens (tertiary/aromatic N) is 4. The predicted molar refractivity (Wildman–Crippen MR) is 241 cm³/mol. The van der Waals surface area contributed by atoms with Gasteiger partial charge in [-0.1, -0.05) is 130 Å². The highest BCUT2D eigenvalue weighted by Crippen LogP contribution is 2.65. The fraction of sp³-hybridized carbons (Fsp3) is 0.286. The van der Waals surface area contributed by atoms with E-state index in [1.807, 2.05) is 6.07 Å². The molecule has 5 aliphatic rings. The van der Waals surface area contributed by atoms with Gasteiger partial charge < -0.3 is 0 Å². The third-order valence-electron chi connectivity index (χ3n) is 15.6. The zero-order chi connectivity index (χ0) is 40.2. The van der Waals surface area contributed by atoms with Gasteiger partial charge in [0.1, 0.15) is 0 Å². The van der Waals surface area contributed by atoms with Gasteiger partial charge in [0.15, 0.2) is 17.5 Å². The Morgan fingerprint density at radius 2 is 1.13 bits per heavy atom. The van der Waals surface area contributed by atoms with Crippen molar-refractivity contribution in [2.75, 3.05) is 0 Å². The van der Waals surface area contributed by atoms with Gasteiger partial charge in [-0.25, -0.2) is 15.0 Å². The lowest BCUT2D eigenvalue weighted by Gasteiger charge is -2.54. The van der Waals surface area contributed by atoms with Gasteiger partial charge in [-0.05, 0) is 148 Å². The van der Waals surface area contributed by atoms with Crippen molar-refractivity contribution in [3.05, 3.63) is 161 Å². The molecule has 5 aliphatic carbocycles. The molecule has 0 N–H and O–H groups in total. The largest absolute Gasteiger partial charge is 0.208 e. The topological polar surface area (TPSA) is 62.5 Å². The maximum Gasteiger partial charge on any atom is 0.164 e. The van der Waals surface area contributed by atoms with E-state index >= 15 is 0 Å². The van der Waals surface area contributed by atoms with Gasteiger partial charge in [0.2, 0.25) is 0 Å². The van der Waals surface area contributed by atoms with Crippen LogP contribution < -0.4 is 0 Å². The van der Waals surface area contributed by atoms with Crippen LogP contribution in [0.3, 0.4) is 0 Å². The first kappa shape index (κ1) is 35.7. The monoisotopic (exact) mass is 776 g/mol. The van der Waals surface area contributed by atoms with Crippen LogP contribution in [0.2, 0.25) is 0 Å². The maximum absolute atomic E-state index is 9.97.